The zero-order valence-corrected chi connectivity index (χ0v) is 15.4. The highest BCUT2D eigenvalue weighted by Gasteiger charge is 1.93. The predicted molar refractivity (Wildman–Crippen MR) is 78.8 cm³/mol. The molecular weight excluding hydrogens is 220 g/mol. The molecule has 0 aromatic carbocycles. The van der Waals surface area contributed by atoms with Crippen molar-refractivity contribution >= 4 is 38.1 Å². The number of rotatable bonds is 10. The summed E-state index contributed by atoms with van der Waals surface area (Å²) in [5.74, 6) is 0. The molecule has 0 rings (SSSR count). The van der Waals surface area contributed by atoms with Crippen LogP contribution in [0.5, 0.6) is 0 Å². The summed E-state index contributed by atoms with van der Waals surface area (Å²) in [6, 6.07) is 3.28. The molecule has 0 aliphatic heterocycles. The minimum Gasteiger partial charge on any atom is -0.0725 e. The normalized spacial score (nSPS) is 14.3. The summed E-state index contributed by atoms with van der Waals surface area (Å²) in [5, 5.41) is 0. The fourth-order valence-electron chi connectivity index (χ4n) is 1.74. The molecule has 0 saturated carbocycles. The summed E-state index contributed by atoms with van der Waals surface area (Å²) in [7, 11) is 1.93. The van der Waals surface area contributed by atoms with Gasteiger partial charge in [0.05, 0.1) is 0 Å². The third-order valence-electron chi connectivity index (χ3n) is 2.71. The van der Waals surface area contributed by atoms with E-state index < -0.39 is 0 Å². The van der Waals surface area contributed by atoms with E-state index in [0.29, 0.717) is 38.1 Å². The van der Waals surface area contributed by atoms with E-state index in [-0.39, 0.29) is 0 Å². The average molecular weight is 249 g/mol. The summed E-state index contributed by atoms with van der Waals surface area (Å²) < 4.78 is 0. The van der Waals surface area contributed by atoms with Gasteiger partial charge in [0, 0.05) is 38.1 Å². The Balaban J connectivity index is 2.76. The van der Waals surface area contributed by atoms with Crippen LogP contribution >= 0.6 is 0 Å². The third-order valence-corrected chi connectivity index (χ3v) is 17.1. The topological polar surface area (TPSA) is 0 Å². The summed E-state index contributed by atoms with van der Waals surface area (Å²) in [6.45, 7) is 4.69. The minimum atomic E-state index is 0.463. The molecule has 0 aliphatic rings. The van der Waals surface area contributed by atoms with Crippen LogP contribution in [0.2, 0.25) is 29.1 Å². The van der Waals surface area contributed by atoms with Gasteiger partial charge in [-0.3, -0.25) is 0 Å². The first kappa shape index (κ1) is 13.9. The van der Waals surface area contributed by atoms with Crippen LogP contribution in [-0.4, -0.2) is 38.1 Å². The van der Waals surface area contributed by atoms with Gasteiger partial charge in [0.2, 0.25) is 0 Å². The van der Waals surface area contributed by atoms with Crippen LogP contribution in [0.1, 0.15) is 26.7 Å². The lowest BCUT2D eigenvalue weighted by molar-refractivity contribution is 1.07. The van der Waals surface area contributed by atoms with Gasteiger partial charge >= 0.3 is 0 Å². The largest absolute Gasteiger partial charge is 0.0725 e. The second kappa shape index (κ2) is 12.9. The van der Waals surface area contributed by atoms with E-state index in [1.54, 1.807) is 23.4 Å². The number of hydrogen-bond donors (Lipinski definition) is 0. The van der Waals surface area contributed by atoms with Crippen molar-refractivity contribution in [2.45, 2.75) is 55.8 Å². The van der Waals surface area contributed by atoms with Gasteiger partial charge in [-0.25, -0.2) is 0 Å². The van der Waals surface area contributed by atoms with Crippen LogP contribution in [0.15, 0.2) is 0 Å². The molecule has 0 heterocycles. The van der Waals surface area contributed by atoms with Gasteiger partial charge in [0.25, 0.3) is 0 Å². The smallest absolute Gasteiger partial charge is 0.0166 e. The van der Waals surface area contributed by atoms with E-state index >= 15 is 0 Å². The molecule has 0 fully saturated rings. The zero-order chi connectivity index (χ0) is 9.78. The van der Waals surface area contributed by atoms with Crippen molar-refractivity contribution in [3.8, 4) is 0 Å². The molecule has 0 radical (unpaired) electrons. The monoisotopic (exact) mass is 248 g/mol. The van der Waals surface area contributed by atoms with E-state index in [1.165, 1.54) is 12.8 Å². The van der Waals surface area contributed by atoms with Crippen molar-refractivity contribution < 1.29 is 0 Å². The van der Waals surface area contributed by atoms with Gasteiger partial charge in [-0.15, -0.1) is 0 Å². The lowest BCUT2D eigenvalue weighted by Crippen LogP contribution is -2.04. The van der Waals surface area contributed by atoms with E-state index in [1.807, 2.05) is 5.67 Å². The summed E-state index contributed by atoms with van der Waals surface area (Å²) in [5.41, 5.74) is 5.43. The first-order chi connectivity index (χ1) is 6.41. The van der Waals surface area contributed by atoms with E-state index in [0.717, 1.165) is 0 Å². The molecule has 4 heteroatoms. The van der Waals surface area contributed by atoms with E-state index in [9.17, 15) is 0 Å². The Hall–Kier alpha value is 0.868. The quantitative estimate of drug-likeness (QED) is 0.389. The fourth-order valence-corrected chi connectivity index (χ4v) is 19.0. The molecule has 0 unspecified atom stereocenters. The Labute approximate surface area is 94.0 Å². The Bertz CT molecular complexity index is 77.7. The molecule has 0 aliphatic carbocycles. The highest BCUT2D eigenvalue weighted by atomic mass is 28.3. The van der Waals surface area contributed by atoms with Gasteiger partial charge in [0.15, 0.2) is 0 Å². The van der Waals surface area contributed by atoms with E-state index in [4.69, 9.17) is 0 Å². The van der Waals surface area contributed by atoms with Gasteiger partial charge in [0.1, 0.15) is 0 Å². The number of hydrogen-bond acceptors (Lipinski definition) is 0. The maximum Gasteiger partial charge on any atom is 0.0166 e. The predicted octanol–water partition coefficient (Wildman–Crippen LogP) is 0.446. The molecule has 0 aromatic rings. The first-order valence-electron chi connectivity index (χ1n) is 6.41. The highest BCUT2D eigenvalue weighted by Crippen LogP contribution is 1.94. The zero-order valence-electron chi connectivity index (χ0n) is 9.78. The SMILES string of the molecule is CCC[SiH2]C[SiH2]C[SiH2]C[SiH2]CCC. The third kappa shape index (κ3) is 12.9. The summed E-state index contributed by atoms with van der Waals surface area (Å²) in [4.78, 5) is 0. The maximum atomic E-state index is 2.35. The molecule has 0 nitrogen and oxygen atoms in total. The molecule has 13 heavy (non-hydrogen) atoms. The second-order valence-corrected chi connectivity index (χ2v) is 16.9. The molecule has 0 aromatic heterocycles. The molecule has 0 spiro atoms. The molecule has 80 valence electrons. The summed E-state index contributed by atoms with van der Waals surface area (Å²) >= 11 is 0. The van der Waals surface area contributed by atoms with E-state index in [2.05, 4.69) is 13.8 Å². The standard InChI is InChI=1S/C9H28Si4/c1-3-5-10-7-12-9-13-8-11-6-4-2/h3-13H2,1-2H3. The first-order valence-corrected chi connectivity index (χ1v) is 14.4. The van der Waals surface area contributed by atoms with Crippen LogP contribution in [0, 0.1) is 0 Å². The second-order valence-electron chi connectivity index (χ2n) is 4.18. The van der Waals surface area contributed by atoms with Crippen molar-refractivity contribution in [2.75, 3.05) is 0 Å². The molecular formula is C9H28Si4. The lowest BCUT2D eigenvalue weighted by Gasteiger charge is -1.98. The van der Waals surface area contributed by atoms with Gasteiger partial charge in [-0.05, 0) is 0 Å². The fraction of sp³-hybridized carbons (Fsp3) is 1.00. The lowest BCUT2D eigenvalue weighted by atomic mass is 10.6. The average Bonchev–Trinajstić information content (AvgIpc) is 2.16. The molecule has 0 amide bonds. The Morgan fingerprint density at radius 3 is 1.38 bits per heavy atom. The van der Waals surface area contributed by atoms with Crippen molar-refractivity contribution in [3.63, 3.8) is 0 Å². The van der Waals surface area contributed by atoms with Gasteiger partial charge in [-0.2, -0.15) is 0 Å². The minimum absolute atomic E-state index is 0.463. The van der Waals surface area contributed by atoms with Crippen LogP contribution in [-0.2, 0) is 0 Å². The Kier molecular flexibility index (Phi) is 13.7. The van der Waals surface area contributed by atoms with Crippen molar-refractivity contribution in [1.29, 1.82) is 0 Å². The van der Waals surface area contributed by atoms with Crippen LogP contribution < -0.4 is 0 Å². The maximum absolute atomic E-state index is 2.35. The van der Waals surface area contributed by atoms with Crippen molar-refractivity contribution in [3.05, 3.63) is 0 Å². The highest BCUT2D eigenvalue weighted by molar-refractivity contribution is 6.67. The molecule has 0 bridgehead atoms. The van der Waals surface area contributed by atoms with Crippen molar-refractivity contribution in [2.24, 2.45) is 0 Å². The molecule has 0 atom stereocenters. The van der Waals surface area contributed by atoms with Crippen LogP contribution in [0.25, 0.3) is 0 Å². The van der Waals surface area contributed by atoms with Gasteiger partial charge in [-0.1, -0.05) is 55.8 Å². The molecule has 0 saturated heterocycles. The van der Waals surface area contributed by atoms with Crippen molar-refractivity contribution in [1.82, 2.24) is 0 Å². The molecule has 0 N–H and O–H groups in total. The van der Waals surface area contributed by atoms with Gasteiger partial charge < -0.3 is 0 Å². The Morgan fingerprint density at radius 2 is 1.00 bits per heavy atom. The summed E-state index contributed by atoms with van der Waals surface area (Å²) in [6.07, 6.45) is 2.95. The Morgan fingerprint density at radius 1 is 0.615 bits per heavy atom. The van der Waals surface area contributed by atoms with Crippen LogP contribution in [0.3, 0.4) is 0 Å². The van der Waals surface area contributed by atoms with Crippen LogP contribution in [0.4, 0.5) is 0 Å².